The number of rotatable bonds is 9. The van der Waals surface area contributed by atoms with Crippen LogP contribution < -0.4 is 21.1 Å². The van der Waals surface area contributed by atoms with E-state index in [1.807, 2.05) is 26.0 Å². The molecule has 150 valence electrons. The van der Waals surface area contributed by atoms with Crippen molar-refractivity contribution in [3.05, 3.63) is 23.3 Å². The van der Waals surface area contributed by atoms with Crippen molar-refractivity contribution in [1.82, 2.24) is 5.32 Å². The lowest BCUT2D eigenvalue weighted by molar-refractivity contribution is -0.127. The number of aryl methyl sites for hydroxylation is 2. The molecule has 0 radical (unpaired) electrons. The molecule has 1 aromatic carbocycles. The van der Waals surface area contributed by atoms with Crippen molar-refractivity contribution < 1.29 is 14.3 Å². The van der Waals surface area contributed by atoms with Crippen LogP contribution >= 0.6 is 0 Å². The molecule has 0 heterocycles. The Bertz CT molecular complexity index is 631. The van der Waals surface area contributed by atoms with Crippen molar-refractivity contribution in [2.75, 3.05) is 19.0 Å². The minimum absolute atomic E-state index is 0.102. The van der Waals surface area contributed by atoms with Crippen LogP contribution in [0.5, 0.6) is 5.75 Å². The van der Waals surface area contributed by atoms with E-state index in [0.29, 0.717) is 12.3 Å². The van der Waals surface area contributed by atoms with Crippen molar-refractivity contribution >= 4 is 17.5 Å². The topological polar surface area (TPSA) is 93.4 Å². The molecule has 2 rings (SSSR count). The Morgan fingerprint density at radius 1 is 1.19 bits per heavy atom. The normalized spacial score (nSPS) is 15.8. The summed E-state index contributed by atoms with van der Waals surface area (Å²) in [6.45, 7) is 4.21. The third-order valence-electron chi connectivity index (χ3n) is 5.41. The Morgan fingerprint density at radius 3 is 2.37 bits per heavy atom. The van der Waals surface area contributed by atoms with Gasteiger partial charge in [-0.1, -0.05) is 32.1 Å². The standard InChI is InChI=1S/C21H33N3O3/c1-14-11-17(27-3)12-15(2)20(14)23-13-18(21(22)26)24-19(25)10-9-16-7-5-4-6-8-16/h11-12,16,18,23H,4-10,13H2,1-3H3,(H2,22,26)(H,24,25)/t18-/m0/s1. The number of benzene rings is 1. The summed E-state index contributed by atoms with van der Waals surface area (Å²) in [5, 5.41) is 6.04. The number of nitrogens with two attached hydrogens (primary N) is 1. The third-order valence-corrected chi connectivity index (χ3v) is 5.41. The molecule has 1 saturated carbocycles. The first-order chi connectivity index (χ1) is 12.9. The van der Waals surface area contributed by atoms with E-state index >= 15 is 0 Å². The molecule has 6 nitrogen and oxygen atoms in total. The number of hydrogen-bond donors (Lipinski definition) is 3. The first-order valence-electron chi connectivity index (χ1n) is 9.88. The summed E-state index contributed by atoms with van der Waals surface area (Å²) < 4.78 is 5.27. The average Bonchev–Trinajstić information content (AvgIpc) is 2.65. The van der Waals surface area contributed by atoms with Crippen molar-refractivity contribution in [1.29, 1.82) is 0 Å². The second kappa shape index (κ2) is 10.2. The van der Waals surface area contributed by atoms with Gasteiger partial charge in [-0.05, 0) is 49.4 Å². The number of hydrogen-bond acceptors (Lipinski definition) is 4. The van der Waals surface area contributed by atoms with Gasteiger partial charge in [-0.15, -0.1) is 0 Å². The Labute approximate surface area is 162 Å². The lowest BCUT2D eigenvalue weighted by Gasteiger charge is -2.22. The number of ether oxygens (including phenoxy) is 1. The van der Waals surface area contributed by atoms with Crippen LogP contribution in [0, 0.1) is 19.8 Å². The first-order valence-corrected chi connectivity index (χ1v) is 9.88. The maximum atomic E-state index is 12.3. The van der Waals surface area contributed by atoms with E-state index in [2.05, 4.69) is 10.6 Å². The van der Waals surface area contributed by atoms with Crippen molar-refractivity contribution in [3.8, 4) is 5.75 Å². The number of nitrogens with one attached hydrogen (secondary N) is 2. The molecule has 0 unspecified atom stereocenters. The Kier molecular flexibility index (Phi) is 7.95. The highest BCUT2D eigenvalue weighted by Gasteiger charge is 2.20. The predicted octanol–water partition coefficient (Wildman–Crippen LogP) is 3.05. The number of primary amides is 1. The molecular formula is C21H33N3O3. The fourth-order valence-electron chi connectivity index (χ4n) is 3.82. The van der Waals surface area contributed by atoms with Crippen LogP contribution in [0.4, 0.5) is 5.69 Å². The van der Waals surface area contributed by atoms with E-state index in [1.165, 1.54) is 32.1 Å². The van der Waals surface area contributed by atoms with Gasteiger partial charge in [0.2, 0.25) is 11.8 Å². The van der Waals surface area contributed by atoms with Crippen LogP contribution in [0.15, 0.2) is 12.1 Å². The monoisotopic (exact) mass is 375 g/mol. The first kappa shape index (κ1) is 21.1. The van der Waals surface area contributed by atoms with Gasteiger partial charge in [0.05, 0.1) is 7.11 Å². The molecular weight excluding hydrogens is 342 g/mol. The van der Waals surface area contributed by atoms with Gasteiger partial charge in [0, 0.05) is 18.7 Å². The van der Waals surface area contributed by atoms with Gasteiger partial charge < -0.3 is 21.1 Å². The summed E-state index contributed by atoms with van der Waals surface area (Å²) in [5.74, 6) is 0.795. The highest BCUT2D eigenvalue weighted by atomic mass is 16.5. The fraction of sp³-hybridized carbons (Fsp3) is 0.619. The summed E-state index contributed by atoms with van der Waals surface area (Å²) in [6.07, 6.45) is 7.61. The molecule has 1 aliphatic carbocycles. The smallest absolute Gasteiger partial charge is 0.241 e. The second-order valence-electron chi connectivity index (χ2n) is 7.58. The summed E-state index contributed by atoms with van der Waals surface area (Å²) in [6, 6.07) is 3.12. The van der Waals surface area contributed by atoms with E-state index in [1.54, 1.807) is 7.11 Å². The van der Waals surface area contributed by atoms with Gasteiger partial charge in [-0.3, -0.25) is 9.59 Å². The largest absolute Gasteiger partial charge is 0.497 e. The number of methoxy groups -OCH3 is 1. The molecule has 1 aliphatic rings. The maximum Gasteiger partial charge on any atom is 0.241 e. The highest BCUT2D eigenvalue weighted by Crippen LogP contribution is 2.27. The second-order valence-corrected chi connectivity index (χ2v) is 7.58. The van der Waals surface area contributed by atoms with E-state index in [9.17, 15) is 9.59 Å². The van der Waals surface area contributed by atoms with Gasteiger partial charge >= 0.3 is 0 Å². The van der Waals surface area contributed by atoms with Gasteiger partial charge in [-0.2, -0.15) is 0 Å². The van der Waals surface area contributed by atoms with Crippen molar-refractivity contribution in [2.45, 2.75) is 64.8 Å². The zero-order chi connectivity index (χ0) is 19.8. The molecule has 2 amide bonds. The molecule has 4 N–H and O–H groups in total. The predicted molar refractivity (Wildman–Crippen MR) is 108 cm³/mol. The zero-order valence-corrected chi connectivity index (χ0v) is 16.8. The molecule has 0 aliphatic heterocycles. The summed E-state index contributed by atoms with van der Waals surface area (Å²) >= 11 is 0. The lowest BCUT2D eigenvalue weighted by atomic mass is 9.86. The van der Waals surface area contributed by atoms with Crippen LogP contribution in [0.1, 0.15) is 56.1 Å². The van der Waals surface area contributed by atoms with Crippen molar-refractivity contribution in [2.24, 2.45) is 11.7 Å². The van der Waals surface area contributed by atoms with Crippen LogP contribution in [0.3, 0.4) is 0 Å². The van der Waals surface area contributed by atoms with E-state index in [4.69, 9.17) is 10.5 Å². The van der Waals surface area contributed by atoms with Crippen LogP contribution in [-0.4, -0.2) is 31.5 Å². The molecule has 1 atom stereocenters. The third kappa shape index (κ3) is 6.45. The zero-order valence-electron chi connectivity index (χ0n) is 16.8. The average molecular weight is 376 g/mol. The number of amides is 2. The van der Waals surface area contributed by atoms with Gasteiger partial charge in [0.25, 0.3) is 0 Å². The molecule has 6 heteroatoms. The Hall–Kier alpha value is -2.24. The molecule has 0 aromatic heterocycles. The molecule has 0 spiro atoms. The van der Waals surface area contributed by atoms with Crippen LogP contribution in [0.2, 0.25) is 0 Å². The minimum Gasteiger partial charge on any atom is -0.497 e. The number of carbonyl (C=O) groups excluding carboxylic acids is 2. The van der Waals surface area contributed by atoms with Gasteiger partial charge in [0.15, 0.2) is 0 Å². The number of anilines is 1. The van der Waals surface area contributed by atoms with Crippen LogP contribution in [-0.2, 0) is 9.59 Å². The molecule has 1 aromatic rings. The maximum absolute atomic E-state index is 12.3. The highest BCUT2D eigenvalue weighted by molar-refractivity contribution is 5.87. The Balaban J connectivity index is 1.88. The van der Waals surface area contributed by atoms with Gasteiger partial charge in [-0.25, -0.2) is 0 Å². The summed E-state index contributed by atoms with van der Waals surface area (Å²) in [7, 11) is 1.63. The summed E-state index contributed by atoms with van der Waals surface area (Å²) in [4.78, 5) is 24.0. The van der Waals surface area contributed by atoms with Crippen LogP contribution in [0.25, 0.3) is 0 Å². The SMILES string of the molecule is COc1cc(C)c(NC[C@H](NC(=O)CCC2CCCCC2)C(N)=O)c(C)c1. The molecule has 1 fully saturated rings. The molecule has 27 heavy (non-hydrogen) atoms. The van der Waals surface area contributed by atoms with Gasteiger partial charge in [0.1, 0.15) is 11.8 Å². The quantitative estimate of drug-likeness (QED) is 0.618. The minimum atomic E-state index is -0.732. The number of carbonyl (C=O) groups is 2. The molecule has 0 bridgehead atoms. The summed E-state index contributed by atoms with van der Waals surface area (Å²) in [5.41, 5.74) is 8.45. The fourth-order valence-corrected chi connectivity index (χ4v) is 3.82. The molecule has 0 saturated heterocycles. The van der Waals surface area contributed by atoms with E-state index < -0.39 is 11.9 Å². The van der Waals surface area contributed by atoms with E-state index in [-0.39, 0.29) is 12.5 Å². The van der Waals surface area contributed by atoms with E-state index in [0.717, 1.165) is 29.0 Å². The lowest BCUT2D eigenvalue weighted by Crippen LogP contribution is -2.48. The van der Waals surface area contributed by atoms with Crippen molar-refractivity contribution in [3.63, 3.8) is 0 Å². The Morgan fingerprint density at radius 2 is 1.81 bits per heavy atom.